The zero-order valence-electron chi connectivity index (χ0n) is 12.2. The molecule has 8 heteroatoms. The lowest BCUT2D eigenvalue weighted by Gasteiger charge is -2.38. The lowest BCUT2D eigenvalue weighted by Crippen LogP contribution is -2.51. The molecule has 2 N–H and O–H groups in total. The number of hydrogen-bond donors (Lipinski definition) is 1. The van der Waals surface area contributed by atoms with E-state index in [1.54, 1.807) is 11.3 Å². The van der Waals surface area contributed by atoms with Crippen molar-refractivity contribution in [3.63, 3.8) is 0 Å². The van der Waals surface area contributed by atoms with Crippen LogP contribution >= 0.6 is 35.3 Å². The standard InChI is InChI=1S/C13H21N5OS.HI/c1-13(9-19-10-13)8-16-11(14)17-3-5-18(6-4-17)12-15-2-7-20-12;/h2,7H,3-6,8-10H2,1H3,(H2,14,16);1H. The quantitative estimate of drug-likeness (QED) is 0.450. The van der Waals surface area contributed by atoms with Crippen LogP contribution in [0.5, 0.6) is 0 Å². The number of aromatic nitrogens is 1. The Labute approximate surface area is 146 Å². The SMILES string of the molecule is CC1(CN=C(N)N2CCN(c3nccs3)CC2)COC1.I. The Balaban J connectivity index is 0.00000161. The zero-order valence-corrected chi connectivity index (χ0v) is 15.3. The Bertz CT molecular complexity index is 469. The molecule has 0 amide bonds. The van der Waals surface area contributed by atoms with Crippen LogP contribution in [0.15, 0.2) is 16.6 Å². The molecule has 2 saturated heterocycles. The number of thiazole rings is 1. The molecule has 2 aliphatic rings. The van der Waals surface area contributed by atoms with Gasteiger partial charge in [-0.2, -0.15) is 0 Å². The van der Waals surface area contributed by atoms with Gasteiger partial charge in [0.15, 0.2) is 11.1 Å². The fourth-order valence-corrected chi connectivity index (χ4v) is 3.11. The van der Waals surface area contributed by atoms with Crippen LogP contribution in [0.4, 0.5) is 5.13 Å². The predicted octanol–water partition coefficient (Wildman–Crippen LogP) is 1.23. The van der Waals surface area contributed by atoms with E-state index in [-0.39, 0.29) is 29.4 Å². The third-order valence-corrected chi connectivity index (χ3v) is 4.65. The molecule has 118 valence electrons. The van der Waals surface area contributed by atoms with Gasteiger partial charge in [0.05, 0.1) is 19.8 Å². The molecule has 1 aromatic rings. The van der Waals surface area contributed by atoms with Gasteiger partial charge in [-0.25, -0.2) is 4.98 Å². The first kappa shape index (κ1) is 16.8. The third-order valence-electron chi connectivity index (χ3n) is 3.82. The van der Waals surface area contributed by atoms with E-state index in [9.17, 15) is 0 Å². The molecule has 3 rings (SSSR count). The molecule has 0 unspecified atom stereocenters. The first-order chi connectivity index (χ1) is 9.66. The minimum atomic E-state index is 0. The number of halogens is 1. The number of rotatable bonds is 3. The van der Waals surface area contributed by atoms with Crippen LogP contribution in [0.25, 0.3) is 0 Å². The Hall–Kier alpha value is -0.610. The molecule has 0 saturated carbocycles. The van der Waals surface area contributed by atoms with Crippen LogP contribution < -0.4 is 10.6 Å². The van der Waals surface area contributed by atoms with E-state index in [1.165, 1.54) is 0 Å². The van der Waals surface area contributed by atoms with Crippen molar-refractivity contribution in [3.8, 4) is 0 Å². The van der Waals surface area contributed by atoms with Crippen LogP contribution in [-0.4, -0.2) is 61.8 Å². The summed E-state index contributed by atoms with van der Waals surface area (Å²) >= 11 is 1.68. The Morgan fingerprint density at radius 1 is 1.43 bits per heavy atom. The third kappa shape index (κ3) is 3.98. The highest BCUT2D eigenvalue weighted by molar-refractivity contribution is 14.0. The lowest BCUT2D eigenvalue weighted by molar-refractivity contribution is -0.0945. The predicted molar refractivity (Wildman–Crippen MR) is 96.7 cm³/mol. The molecule has 3 heterocycles. The van der Waals surface area contributed by atoms with E-state index in [0.29, 0.717) is 5.96 Å². The number of piperazine rings is 1. The van der Waals surface area contributed by atoms with Gasteiger partial charge in [-0.05, 0) is 0 Å². The molecule has 2 aliphatic heterocycles. The van der Waals surface area contributed by atoms with E-state index < -0.39 is 0 Å². The van der Waals surface area contributed by atoms with Gasteiger partial charge in [-0.1, -0.05) is 6.92 Å². The van der Waals surface area contributed by atoms with Crippen LogP contribution in [0, 0.1) is 5.41 Å². The molecule has 6 nitrogen and oxygen atoms in total. The van der Waals surface area contributed by atoms with Gasteiger partial charge in [0.2, 0.25) is 0 Å². The number of nitrogens with zero attached hydrogens (tertiary/aromatic N) is 4. The van der Waals surface area contributed by atoms with Gasteiger partial charge in [-0.15, -0.1) is 35.3 Å². The van der Waals surface area contributed by atoms with Crippen LogP contribution in [-0.2, 0) is 4.74 Å². The van der Waals surface area contributed by atoms with Crippen molar-refractivity contribution in [2.24, 2.45) is 16.1 Å². The Morgan fingerprint density at radius 3 is 2.67 bits per heavy atom. The number of anilines is 1. The summed E-state index contributed by atoms with van der Waals surface area (Å²) in [5, 5.41) is 3.11. The molecule has 0 atom stereocenters. The minimum absolute atomic E-state index is 0. The highest BCUT2D eigenvalue weighted by Crippen LogP contribution is 2.26. The fraction of sp³-hybridized carbons (Fsp3) is 0.692. The summed E-state index contributed by atoms with van der Waals surface area (Å²) in [6, 6.07) is 0. The van der Waals surface area contributed by atoms with Crippen molar-refractivity contribution >= 4 is 46.4 Å². The van der Waals surface area contributed by atoms with Crippen molar-refractivity contribution in [1.82, 2.24) is 9.88 Å². The average Bonchev–Trinajstić information content (AvgIpc) is 2.97. The van der Waals surface area contributed by atoms with Gasteiger partial charge in [0, 0.05) is 43.2 Å². The zero-order chi connectivity index (χ0) is 14.0. The van der Waals surface area contributed by atoms with Gasteiger partial charge in [0.25, 0.3) is 0 Å². The van der Waals surface area contributed by atoms with E-state index in [0.717, 1.165) is 51.1 Å². The maximum absolute atomic E-state index is 6.10. The Kier molecular flexibility index (Phi) is 5.67. The van der Waals surface area contributed by atoms with Crippen molar-refractivity contribution in [2.75, 3.05) is 50.8 Å². The maximum Gasteiger partial charge on any atom is 0.191 e. The number of aliphatic imine (C=N–C) groups is 1. The summed E-state index contributed by atoms with van der Waals surface area (Å²) in [6.07, 6.45) is 1.85. The van der Waals surface area contributed by atoms with Crippen molar-refractivity contribution in [3.05, 3.63) is 11.6 Å². The first-order valence-electron chi connectivity index (χ1n) is 6.93. The monoisotopic (exact) mass is 423 g/mol. The van der Waals surface area contributed by atoms with E-state index >= 15 is 0 Å². The first-order valence-corrected chi connectivity index (χ1v) is 7.81. The number of hydrogen-bond acceptors (Lipinski definition) is 5. The Morgan fingerprint density at radius 2 is 2.14 bits per heavy atom. The smallest absolute Gasteiger partial charge is 0.191 e. The lowest BCUT2D eigenvalue weighted by atomic mass is 9.89. The molecular weight excluding hydrogens is 401 g/mol. The molecular formula is C13H22IN5OS. The minimum Gasteiger partial charge on any atom is -0.380 e. The van der Waals surface area contributed by atoms with Gasteiger partial charge in [0.1, 0.15) is 0 Å². The van der Waals surface area contributed by atoms with Crippen molar-refractivity contribution < 1.29 is 4.74 Å². The summed E-state index contributed by atoms with van der Waals surface area (Å²) in [7, 11) is 0. The second kappa shape index (κ2) is 7.10. The van der Waals surface area contributed by atoms with Crippen molar-refractivity contribution in [1.29, 1.82) is 0 Å². The van der Waals surface area contributed by atoms with E-state index in [1.807, 2.05) is 11.6 Å². The van der Waals surface area contributed by atoms with Crippen LogP contribution in [0.3, 0.4) is 0 Å². The molecule has 0 radical (unpaired) electrons. The summed E-state index contributed by atoms with van der Waals surface area (Å²) in [4.78, 5) is 13.3. The van der Waals surface area contributed by atoms with Crippen LogP contribution in [0.1, 0.15) is 6.92 Å². The maximum atomic E-state index is 6.10. The molecule has 0 aliphatic carbocycles. The number of nitrogens with two attached hydrogens (primary N) is 1. The molecule has 0 bridgehead atoms. The number of ether oxygens (including phenoxy) is 1. The number of guanidine groups is 1. The summed E-state index contributed by atoms with van der Waals surface area (Å²) in [6.45, 7) is 8.24. The van der Waals surface area contributed by atoms with Gasteiger partial charge >= 0.3 is 0 Å². The van der Waals surface area contributed by atoms with Gasteiger partial charge in [-0.3, -0.25) is 4.99 Å². The van der Waals surface area contributed by atoms with E-state index in [4.69, 9.17) is 10.5 Å². The van der Waals surface area contributed by atoms with Crippen molar-refractivity contribution in [2.45, 2.75) is 6.92 Å². The second-order valence-corrected chi connectivity index (χ2v) is 6.64. The molecule has 0 aromatic carbocycles. The highest BCUT2D eigenvalue weighted by atomic mass is 127. The van der Waals surface area contributed by atoms with Crippen LogP contribution in [0.2, 0.25) is 0 Å². The molecule has 0 spiro atoms. The second-order valence-electron chi connectivity index (χ2n) is 5.77. The average molecular weight is 423 g/mol. The summed E-state index contributed by atoms with van der Waals surface area (Å²) < 4.78 is 5.23. The van der Waals surface area contributed by atoms with E-state index in [2.05, 4.69) is 26.7 Å². The largest absolute Gasteiger partial charge is 0.380 e. The topological polar surface area (TPSA) is 67.0 Å². The molecule has 1 aromatic heterocycles. The molecule has 2 fully saturated rings. The highest BCUT2D eigenvalue weighted by Gasteiger charge is 2.33. The van der Waals surface area contributed by atoms with Gasteiger partial charge < -0.3 is 20.3 Å². The fourth-order valence-electron chi connectivity index (χ4n) is 2.41. The normalized spacial score (nSPS) is 21.7. The summed E-state index contributed by atoms with van der Waals surface area (Å²) in [5.41, 5.74) is 6.29. The summed E-state index contributed by atoms with van der Waals surface area (Å²) in [5.74, 6) is 0.664. The molecule has 21 heavy (non-hydrogen) atoms.